The highest BCUT2D eigenvalue weighted by Gasteiger charge is 2.15. The molecule has 0 bridgehead atoms. The van der Waals surface area contributed by atoms with Crippen LogP contribution in [0.25, 0.3) is 16.6 Å². The van der Waals surface area contributed by atoms with Gasteiger partial charge in [0.15, 0.2) is 0 Å². The van der Waals surface area contributed by atoms with E-state index in [1.807, 2.05) is 66.7 Å². The lowest BCUT2D eigenvalue weighted by molar-refractivity contribution is -0.136. The average Bonchev–Trinajstić information content (AvgIpc) is 3.17. The van der Waals surface area contributed by atoms with E-state index in [4.69, 9.17) is 0 Å². The molecule has 0 aliphatic carbocycles. The first kappa shape index (κ1) is 18.2. The summed E-state index contributed by atoms with van der Waals surface area (Å²) in [7, 11) is 0. The molecule has 0 atom stereocenters. The monoisotopic (exact) mass is 377 g/mol. The minimum atomic E-state index is -0.893. The SMILES string of the molecule is O=C(NN=CC=Cc1ccccc1)C(=O)Nc1nnc(-c2ccccc2)s1. The van der Waals surface area contributed by atoms with Crippen molar-refractivity contribution in [2.24, 2.45) is 5.10 Å². The molecule has 7 nitrogen and oxygen atoms in total. The summed E-state index contributed by atoms with van der Waals surface area (Å²) in [5.41, 5.74) is 4.03. The topological polar surface area (TPSA) is 96.3 Å². The van der Waals surface area contributed by atoms with Gasteiger partial charge >= 0.3 is 11.8 Å². The maximum Gasteiger partial charge on any atom is 0.329 e. The summed E-state index contributed by atoms with van der Waals surface area (Å²) in [4.78, 5) is 23.6. The van der Waals surface area contributed by atoms with Crippen LogP contribution in [0.5, 0.6) is 0 Å². The Kier molecular flexibility index (Phi) is 6.16. The fourth-order valence-electron chi connectivity index (χ4n) is 2.03. The third-order valence-electron chi connectivity index (χ3n) is 3.29. The first-order valence-electron chi connectivity index (χ1n) is 7.97. The molecule has 0 spiro atoms. The summed E-state index contributed by atoms with van der Waals surface area (Å²) < 4.78 is 0. The van der Waals surface area contributed by atoms with Crippen molar-refractivity contribution in [3.63, 3.8) is 0 Å². The third-order valence-corrected chi connectivity index (χ3v) is 4.18. The number of benzene rings is 2. The Morgan fingerprint density at radius 3 is 2.37 bits per heavy atom. The lowest BCUT2D eigenvalue weighted by Gasteiger charge is -1.98. The van der Waals surface area contributed by atoms with E-state index in [0.29, 0.717) is 5.01 Å². The number of aromatic nitrogens is 2. The number of carbonyl (C=O) groups is 2. The minimum Gasteiger partial charge on any atom is -0.292 e. The van der Waals surface area contributed by atoms with Crippen LogP contribution in [0.2, 0.25) is 0 Å². The van der Waals surface area contributed by atoms with E-state index in [-0.39, 0.29) is 5.13 Å². The first-order valence-corrected chi connectivity index (χ1v) is 8.79. The lowest BCUT2D eigenvalue weighted by Crippen LogP contribution is -2.32. The van der Waals surface area contributed by atoms with Crippen LogP contribution in [0.3, 0.4) is 0 Å². The summed E-state index contributed by atoms with van der Waals surface area (Å²) in [6.45, 7) is 0. The Morgan fingerprint density at radius 1 is 0.926 bits per heavy atom. The molecule has 3 aromatic rings. The summed E-state index contributed by atoms with van der Waals surface area (Å²) >= 11 is 1.18. The van der Waals surface area contributed by atoms with Crippen molar-refractivity contribution in [3.05, 3.63) is 72.3 Å². The third kappa shape index (κ3) is 5.41. The Morgan fingerprint density at radius 2 is 1.63 bits per heavy atom. The van der Waals surface area contributed by atoms with Gasteiger partial charge in [-0.1, -0.05) is 78.1 Å². The van der Waals surface area contributed by atoms with E-state index >= 15 is 0 Å². The van der Waals surface area contributed by atoms with Gasteiger partial charge in [0.25, 0.3) is 0 Å². The van der Waals surface area contributed by atoms with Gasteiger partial charge in [-0.3, -0.25) is 14.9 Å². The van der Waals surface area contributed by atoms with E-state index in [1.54, 1.807) is 6.08 Å². The Bertz CT molecular complexity index is 968. The van der Waals surface area contributed by atoms with Crippen molar-refractivity contribution >= 4 is 40.6 Å². The number of hydrazone groups is 1. The minimum absolute atomic E-state index is 0.238. The summed E-state index contributed by atoms with van der Waals surface area (Å²) in [6.07, 6.45) is 4.86. The van der Waals surface area contributed by atoms with Crippen LogP contribution in [0.15, 0.2) is 71.8 Å². The molecule has 0 saturated heterocycles. The van der Waals surface area contributed by atoms with E-state index in [0.717, 1.165) is 11.1 Å². The van der Waals surface area contributed by atoms with Gasteiger partial charge in [-0.05, 0) is 11.6 Å². The number of hydrogen-bond acceptors (Lipinski definition) is 6. The molecule has 134 valence electrons. The average molecular weight is 377 g/mol. The molecular formula is C19H15N5O2S. The van der Waals surface area contributed by atoms with Crippen molar-refractivity contribution < 1.29 is 9.59 Å². The number of rotatable bonds is 5. The molecule has 27 heavy (non-hydrogen) atoms. The number of carbonyl (C=O) groups excluding carboxylic acids is 2. The Balaban J connectivity index is 1.49. The molecule has 2 aromatic carbocycles. The zero-order valence-corrected chi connectivity index (χ0v) is 14.9. The highest BCUT2D eigenvalue weighted by Crippen LogP contribution is 2.25. The van der Waals surface area contributed by atoms with Gasteiger partial charge in [0.1, 0.15) is 5.01 Å². The quantitative estimate of drug-likeness (QED) is 0.406. The van der Waals surface area contributed by atoms with Gasteiger partial charge < -0.3 is 0 Å². The van der Waals surface area contributed by atoms with E-state index in [9.17, 15) is 9.59 Å². The smallest absolute Gasteiger partial charge is 0.292 e. The highest BCUT2D eigenvalue weighted by atomic mass is 32.1. The number of amides is 2. The predicted octanol–water partition coefficient (Wildman–Crippen LogP) is 2.96. The molecule has 0 saturated carbocycles. The van der Waals surface area contributed by atoms with Gasteiger partial charge in [0.2, 0.25) is 5.13 Å². The second-order valence-corrected chi connectivity index (χ2v) is 6.20. The van der Waals surface area contributed by atoms with Crippen LogP contribution in [0.4, 0.5) is 5.13 Å². The molecule has 3 rings (SSSR count). The fraction of sp³-hybridized carbons (Fsp3) is 0. The van der Waals surface area contributed by atoms with E-state index < -0.39 is 11.8 Å². The first-order chi connectivity index (χ1) is 13.2. The fourth-order valence-corrected chi connectivity index (χ4v) is 2.78. The predicted molar refractivity (Wildman–Crippen MR) is 106 cm³/mol. The van der Waals surface area contributed by atoms with E-state index in [1.165, 1.54) is 17.6 Å². The molecule has 2 amide bonds. The number of hydrogen-bond donors (Lipinski definition) is 2. The van der Waals surface area contributed by atoms with Gasteiger partial charge in [0, 0.05) is 11.8 Å². The molecule has 0 fully saturated rings. The van der Waals surface area contributed by atoms with Gasteiger partial charge in [-0.15, -0.1) is 10.2 Å². The zero-order chi connectivity index (χ0) is 18.9. The van der Waals surface area contributed by atoms with Crippen LogP contribution in [-0.4, -0.2) is 28.2 Å². The summed E-state index contributed by atoms with van der Waals surface area (Å²) in [6, 6.07) is 19.0. The molecule has 1 aromatic heterocycles. The van der Waals surface area contributed by atoms with Crippen molar-refractivity contribution in [2.75, 3.05) is 5.32 Å². The second kappa shape index (κ2) is 9.16. The standard InChI is InChI=1S/C19H15N5O2S/c25-16(17(26)22-20-13-7-10-14-8-3-1-4-9-14)21-19-24-23-18(27-19)15-11-5-2-6-12-15/h1-13H,(H,22,26)(H,21,24,25). The van der Waals surface area contributed by atoms with Crippen molar-refractivity contribution in [1.29, 1.82) is 0 Å². The number of allylic oxidation sites excluding steroid dienone is 1. The van der Waals surface area contributed by atoms with Crippen molar-refractivity contribution in [1.82, 2.24) is 15.6 Å². The highest BCUT2D eigenvalue weighted by molar-refractivity contribution is 7.18. The van der Waals surface area contributed by atoms with Gasteiger partial charge in [0.05, 0.1) is 0 Å². The molecule has 0 aliphatic rings. The van der Waals surface area contributed by atoms with Crippen LogP contribution >= 0.6 is 11.3 Å². The van der Waals surface area contributed by atoms with Gasteiger partial charge in [-0.25, -0.2) is 5.43 Å². The molecule has 0 radical (unpaired) electrons. The normalized spacial score (nSPS) is 11.0. The zero-order valence-electron chi connectivity index (χ0n) is 14.1. The summed E-state index contributed by atoms with van der Waals surface area (Å²) in [5.74, 6) is -1.76. The lowest BCUT2D eigenvalue weighted by atomic mass is 10.2. The molecule has 2 N–H and O–H groups in total. The molecule has 8 heteroatoms. The number of anilines is 1. The van der Waals surface area contributed by atoms with Crippen LogP contribution in [0, 0.1) is 0 Å². The van der Waals surface area contributed by atoms with Crippen LogP contribution in [0.1, 0.15) is 5.56 Å². The van der Waals surface area contributed by atoms with Crippen LogP contribution in [-0.2, 0) is 9.59 Å². The molecule has 0 aliphatic heterocycles. The van der Waals surface area contributed by atoms with Crippen molar-refractivity contribution in [2.45, 2.75) is 0 Å². The van der Waals surface area contributed by atoms with E-state index in [2.05, 4.69) is 26.0 Å². The number of nitrogens with one attached hydrogen (secondary N) is 2. The van der Waals surface area contributed by atoms with Crippen molar-refractivity contribution in [3.8, 4) is 10.6 Å². The maximum atomic E-state index is 11.9. The molecule has 1 heterocycles. The van der Waals surface area contributed by atoms with Crippen LogP contribution < -0.4 is 10.7 Å². The second-order valence-electron chi connectivity index (χ2n) is 5.22. The molecule has 0 unspecified atom stereocenters. The van der Waals surface area contributed by atoms with Gasteiger partial charge in [-0.2, -0.15) is 5.10 Å². The maximum absolute atomic E-state index is 11.9. The Hall–Kier alpha value is -3.65. The number of nitrogens with zero attached hydrogens (tertiary/aromatic N) is 3. The summed E-state index contributed by atoms with van der Waals surface area (Å²) in [5, 5.41) is 14.8. The largest absolute Gasteiger partial charge is 0.329 e. The Labute approximate surface area is 159 Å². The molecular weight excluding hydrogens is 362 g/mol.